The maximum Gasteiger partial charge on any atom is 0.229 e. The number of nitrogens with zero attached hydrogens (tertiary/aromatic N) is 2. The van der Waals surface area contributed by atoms with Crippen molar-refractivity contribution in [3.05, 3.63) is 0 Å². The van der Waals surface area contributed by atoms with Gasteiger partial charge in [0.05, 0.1) is 19.1 Å². The van der Waals surface area contributed by atoms with Crippen LogP contribution in [0.4, 0.5) is 0 Å². The SMILES string of the molecule is CNC1COCC1C(=O)N(C)CCN(C)C. The number of nitrogens with one attached hydrogen (secondary N) is 1. The van der Waals surface area contributed by atoms with Crippen molar-refractivity contribution in [2.75, 3.05) is 54.5 Å². The number of hydrogen-bond acceptors (Lipinski definition) is 4. The fourth-order valence-electron chi connectivity index (χ4n) is 1.83. The molecule has 0 aliphatic carbocycles. The Kier molecular flexibility index (Phi) is 5.18. The number of carbonyl (C=O) groups is 1. The molecule has 1 fully saturated rings. The van der Waals surface area contributed by atoms with Crippen LogP contribution in [0.15, 0.2) is 0 Å². The molecule has 0 aromatic rings. The van der Waals surface area contributed by atoms with E-state index in [9.17, 15) is 4.79 Å². The van der Waals surface area contributed by atoms with E-state index in [-0.39, 0.29) is 17.9 Å². The van der Waals surface area contributed by atoms with E-state index in [4.69, 9.17) is 4.74 Å². The normalized spacial score (nSPS) is 25.1. The van der Waals surface area contributed by atoms with Gasteiger partial charge in [0.2, 0.25) is 5.91 Å². The fourth-order valence-corrected chi connectivity index (χ4v) is 1.83. The van der Waals surface area contributed by atoms with Crippen LogP contribution in [0.2, 0.25) is 0 Å². The van der Waals surface area contributed by atoms with Gasteiger partial charge in [0.15, 0.2) is 0 Å². The molecule has 0 aromatic heterocycles. The number of rotatable bonds is 5. The summed E-state index contributed by atoms with van der Waals surface area (Å²) in [7, 11) is 7.75. The van der Waals surface area contributed by atoms with Crippen LogP contribution in [-0.2, 0) is 9.53 Å². The molecule has 1 rings (SSSR count). The highest BCUT2D eigenvalue weighted by Gasteiger charge is 2.34. The van der Waals surface area contributed by atoms with Crippen molar-refractivity contribution in [2.45, 2.75) is 6.04 Å². The Labute approximate surface area is 97.7 Å². The van der Waals surface area contributed by atoms with Crippen LogP contribution >= 0.6 is 0 Å². The van der Waals surface area contributed by atoms with Gasteiger partial charge in [0, 0.05) is 26.2 Å². The Hall–Kier alpha value is -0.650. The van der Waals surface area contributed by atoms with Crippen molar-refractivity contribution >= 4 is 5.91 Å². The highest BCUT2D eigenvalue weighted by atomic mass is 16.5. The molecular weight excluding hydrogens is 206 g/mol. The van der Waals surface area contributed by atoms with Gasteiger partial charge < -0.3 is 19.9 Å². The van der Waals surface area contributed by atoms with Crippen molar-refractivity contribution in [1.82, 2.24) is 15.1 Å². The summed E-state index contributed by atoms with van der Waals surface area (Å²) < 4.78 is 5.34. The lowest BCUT2D eigenvalue weighted by atomic mass is 10.0. The van der Waals surface area contributed by atoms with Gasteiger partial charge in [0.25, 0.3) is 0 Å². The number of carbonyl (C=O) groups excluding carboxylic acids is 1. The topological polar surface area (TPSA) is 44.8 Å². The van der Waals surface area contributed by atoms with E-state index < -0.39 is 0 Å². The van der Waals surface area contributed by atoms with Gasteiger partial charge >= 0.3 is 0 Å². The van der Waals surface area contributed by atoms with E-state index in [0.29, 0.717) is 13.2 Å². The average Bonchev–Trinajstić information content (AvgIpc) is 2.72. The smallest absolute Gasteiger partial charge is 0.229 e. The van der Waals surface area contributed by atoms with Crippen molar-refractivity contribution in [3.8, 4) is 0 Å². The third-order valence-electron chi connectivity index (χ3n) is 3.03. The molecule has 16 heavy (non-hydrogen) atoms. The summed E-state index contributed by atoms with van der Waals surface area (Å²) >= 11 is 0. The van der Waals surface area contributed by atoms with Crippen molar-refractivity contribution in [3.63, 3.8) is 0 Å². The molecule has 1 N–H and O–H groups in total. The first kappa shape index (κ1) is 13.4. The lowest BCUT2D eigenvalue weighted by Crippen LogP contribution is -2.44. The highest BCUT2D eigenvalue weighted by molar-refractivity contribution is 5.79. The minimum Gasteiger partial charge on any atom is -0.379 e. The molecule has 0 saturated carbocycles. The van der Waals surface area contributed by atoms with Gasteiger partial charge in [0.1, 0.15) is 0 Å². The maximum absolute atomic E-state index is 12.1. The second-order valence-corrected chi connectivity index (χ2v) is 4.60. The molecule has 0 aromatic carbocycles. The maximum atomic E-state index is 12.1. The lowest BCUT2D eigenvalue weighted by molar-refractivity contribution is -0.134. The number of likely N-dealkylation sites (N-methyl/N-ethyl adjacent to an activating group) is 3. The van der Waals surface area contributed by atoms with Crippen molar-refractivity contribution in [1.29, 1.82) is 0 Å². The molecule has 94 valence electrons. The minimum absolute atomic E-state index is 0.0304. The zero-order valence-corrected chi connectivity index (χ0v) is 10.7. The van der Waals surface area contributed by atoms with Crippen LogP contribution in [0.25, 0.3) is 0 Å². The van der Waals surface area contributed by atoms with E-state index in [1.165, 1.54) is 0 Å². The van der Waals surface area contributed by atoms with Crippen molar-refractivity contribution < 1.29 is 9.53 Å². The second kappa shape index (κ2) is 6.18. The quantitative estimate of drug-likeness (QED) is 0.673. The van der Waals surface area contributed by atoms with Crippen LogP contribution in [0, 0.1) is 5.92 Å². The Morgan fingerprint density at radius 3 is 2.56 bits per heavy atom. The molecule has 0 spiro atoms. The first-order valence-corrected chi connectivity index (χ1v) is 5.71. The largest absolute Gasteiger partial charge is 0.379 e. The summed E-state index contributed by atoms with van der Waals surface area (Å²) in [5.41, 5.74) is 0. The van der Waals surface area contributed by atoms with Crippen LogP contribution in [0.1, 0.15) is 0 Å². The van der Waals surface area contributed by atoms with E-state index >= 15 is 0 Å². The monoisotopic (exact) mass is 229 g/mol. The van der Waals surface area contributed by atoms with Crippen LogP contribution in [-0.4, -0.2) is 76.2 Å². The highest BCUT2D eigenvalue weighted by Crippen LogP contribution is 2.15. The molecule has 0 radical (unpaired) electrons. The fraction of sp³-hybridized carbons (Fsp3) is 0.909. The summed E-state index contributed by atoms with van der Waals surface area (Å²) in [6.45, 7) is 2.82. The number of ether oxygens (including phenoxy) is 1. The first-order chi connectivity index (χ1) is 7.56. The Balaban J connectivity index is 2.43. The minimum atomic E-state index is -0.0304. The predicted octanol–water partition coefficient (Wildman–Crippen LogP) is -0.759. The summed E-state index contributed by atoms with van der Waals surface area (Å²) in [4.78, 5) is 16.0. The predicted molar refractivity (Wildman–Crippen MR) is 63.3 cm³/mol. The summed E-state index contributed by atoms with van der Waals surface area (Å²) in [6.07, 6.45) is 0. The van der Waals surface area contributed by atoms with E-state index in [2.05, 4.69) is 10.2 Å². The third kappa shape index (κ3) is 3.43. The molecular formula is C11H23N3O2. The standard InChI is InChI=1S/C11H23N3O2/c1-12-10-8-16-7-9(10)11(15)14(4)6-5-13(2)3/h9-10,12H,5-8H2,1-4H3. The van der Waals surface area contributed by atoms with Gasteiger partial charge in [-0.05, 0) is 21.1 Å². The molecule has 1 aliphatic heterocycles. The zero-order valence-electron chi connectivity index (χ0n) is 10.7. The average molecular weight is 229 g/mol. The molecule has 1 aliphatic rings. The summed E-state index contributed by atoms with van der Waals surface area (Å²) in [6, 6.07) is 0.161. The van der Waals surface area contributed by atoms with Gasteiger partial charge in [-0.3, -0.25) is 4.79 Å². The molecule has 5 heteroatoms. The van der Waals surface area contributed by atoms with E-state index in [1.807, 2.05) is 28.2 Å². The molecule has 2 unspecified atom stereocenters. The van der Waals surface area contributed by atoms with Crippen LogP contribution in [0.3, 0.4) is 0 Å². The number of hydrogen-bond donors (Lipinski definition) is 1. The van der Waals surface area contributed by atoms with E-state index in [0.717, 1.165) is 13.1 Å². The Bertz CT molecular complexity index is 233. The molecule has 1 amide bonds. The summed E-state index contributed by atoms with van der Waals surface area (Å²) in [5.74, 6) is 0.149. The molecule has 2 atom stereocenters. The third-order valence-corrected chi connectivity index (χ3v) is 3.03. The Morgan fingerprint density at radius 2 is 2.00 bits per heavy atom. The molecule has 5 nitrogen and oxygen atoms in total. The Morgan fingerprint density at radius 1 is 1.31 bits per heavy atom. The van der Waals surface area contributed by atoms with Gasteiger partial charge in [-0.2, -0.15) is 0 Å². The lowest BCUT2D eigenvalue weighted by Gasteiger charge is -2.24. The zero-order chi connectivity index (χ0) is 12.1. The second-order valence-electron chi connectivity index (χ2n) is 4.60. The first-order valence-electron chi connectivity index (χ1n) is 5.71. The van der Waals surface area contributed by atoms with Crippen molar-refractivity contribution in [2.24, 2.45) is 5.92 Å². The molecule has 1 heterocycles. The van der Waals surface area contributed by atoms with Gasteiger partial charge in [-0.25, -0.2) is 0 Å². The number of amides is 1. The van der Waals surface area contributed by atoms with Crippen LogP contribution in [0.5, 0.6) is 0 Å². The molecule has 0 bridgehead atoms. The van der Waals surface area contributed by atoms with Gasteiger partial charge in [-0.1, -0.05) is 0 Å². The van der Waals surface area contributed by atoms with E-state index in [1.54, 1.807) is 4.90 Å². The summed E-state index contributed by atoms with van der Waals surface area (Å²) in [5, 5.41) is 3.13. The molecule has 1 saturated heterocycles. The van der Waals surface area contributed by atoms with Gasteiger partial charge in [-0.15, -0.1) is 0 Å². The van der Waals surface area contributed by atoms with Crippen LogP contribution < -0.4 is 5.32 Å².